The molecule has 0 saturated carbocycles. The molecule has 0 saturated heterocycles. The highest BCUT2D eigenvalue weighted by Crippen LogP contribution is 2.22. The van der Waals surface area contributed by atoms with Crippen LogP contribution in [0.2, 0.25) is 0 Å². The van der Waals surface area contributed by atoms with Gasteiger partial charge in [-0.2, -0.15) is 0 Å². The Morgan fingerprint density at radius 1 is 1.00 bits per heavy atom. The minimum Gasteiger partial charge on any atom is -0.367 e. The molecule has 2 aromatic carbocycles. The summed E-state index contributed by atoms with van der Waals surface area (Å²) in [5.74, 6) is 0. The predicted octanol–water partition coefficient (Wildman–Crippen LogP) is 4.39. The van der Waals surface area contributed by atoms with Crippen molar-refractivity contribution in [1.82, 2.24) is 4.90 Å². The monoisotopic (exact) mass is 237 g/mol. The lowest BCUT2D eigenvalue weighted by Crippen LogP contribution is -2.20. The van der Waals surface area contributed by atoms with Crippen LogP contribution in [0, 0.1) is 0 Å². The second-order valence-corrected chi connectivity index (χ2v) is 4.43. The van der Waals surface area contributed by atoms with Gasteiger partial charge in [0.1, 0.15) is 0 Å². The molecular weight excluding hydrogens is 218 g/mol. The van der Waals surface area contributed by atoms with E-state index < -0.39 is 0 Å². The Kier molecular flexibility index (Phi) is 4.19. The van der Waals surface area contributed by atoms with Gasteiger partial charge in [0.2, 0.25) is 0 Å². The highest BCUT2D eigenvalue weighted by atomic mass is 15.1. The van der Waals surface area contributed by atoms with Crippen LogP contribution in [0.3, 0.4) is 0 Å². The maximum atomic E-state index is 3.93. The number of hydrogen-bond acceptors (Lipinski definition) is 1. The fourth-order valence-corrected chi connectivity index (χ4v) is 2.08. The lowest BCUT2D eigenvalue weighted by atomic mass is 10.1. The molecule has 0 N–H and O–H groups in total. The minimum absolute atomic E-state index is 0.337. The van der Waals surface area contributed by atoms with E-state index in [-0.39, 0.29) is 0 Å². The molecule has 0 amide bonds. The maximum Gasteiger partial charge on any atom is 0.0512 e. The number of rotatable bonds is 5. The molecule has 1 heteroatoms. The van der Waals surface area contributed by atoms with E-state index in [9.17, 15) is 0 Å². The van der Waals surface area contributed by atoms with Crippen molar-refractivity contribution in [3.63, 3.8) is 0 Å². The van der Waals surface area contributed by atoms with Gasteiger partial charge in [0.15, 0.2) is 0 Å². The van der Waals surface area contributed by atoms with Gasteiger partial charge in [-0.05, 0) is 24.3 Å². The van der Waals surface area contributed by atoms with Gasteiger partial charge >= 0.3 is 0 Å². The van der Waals surface area contributed by atoms with Crippen molar-refractivity contribution in [3.05, 3.63) is 84.6 Å². The molecule has 0 fully saturated rings. The quantitative estimate of drug-likeness (QED) is 0.745. The van der Waals surface area contributed by atoms with Crippen molar-refractivity contribution < 1.29 is 0 Å². The summed E-state index contributed by atoms with van der Waals surface area (Å²) < 4.78 is 0. The molecule has 18 heavy (non-hydrogen) atoms. The first kappa shape index (κ1) is 12.4. The van der Waals surface area contributed by atoms with Crippen molar-refractivity contribution in [1.29, 1.82) is 0 Å². The lowest BCUT2D eigenvalue weighted by Gasteiger charge is -2.28. The summed E-state index contributed by atoms with van der Waals surface area (Å²) in [6.07, 6.45) is 1.92. The van der Waals surface area contributed by atoms with Gasteiger partial charge in [0.05, 0.1) is 6.04 Å². The Hall–Kier alpha value is -2.02. The van der Waals surface area contributed by atoms with Crippen LogP contribution in [-0.4, -0.2) is 4.90 Å². The van der Waals surface area contributed by atoms with Crippen molar-refractivity contribution in [2.24, 2.45) is 0 Å². The molecule has 2 aromatic rings. The average Bonchev–Trinajstić information content (AvgIpc) is 2.46. The molecule has 0 aromatic heterocycles. The predicted molar refractivity (Wildman–Crippen MR) is 77.0 cm³/mol. The normalized spacial score (nSPS) is 11.8. The standard InChI is InChI=1S/C17H19N/c1-3-18(14-16-10-6-4-7-11-16)15(2)17-12-8-5-9-13-17/h3-13,15H,1,14H2,2H3/t15-/m1/s1. The third-order valence-corrected chi connectivity index (χ3v) is 3.22. The Balaban J connectivity index is 2.12. The van der Waals surface area contributed by atoms with Crippen LogP contribution in [0.1, 0.15) is 24.1 Å². The average molecular weight is 237 g/mol. The Bertz CT molecular complexity index is 475. The molecule has 92 valence electrons. The van der Waals surface area contributed by atoms with Crippen molar-refractivity contribution in [2.75, 3.05) is 0 Å². The minimum atomic E-state index is 0.337. The second kappa shape index (κ2) is 6.06. The summed E-state index contributed by atoms with van der Waals surface area (Å²) in [7, 11) is 0. The first-order valence-corrected chi connectivity index (χ1v) is 6.28. The zero-order valence-corrected chi connectivity index (χ0v) is 10.8. The van der Waals surface area contributed by atoms with Gasteiger partial charge in [0.25, 0.3) is 0 Å². The topological polar surface area (TPSA) is 3.24 Å². The van der Waals surface area contributed by atoms with Crippen LogP contribution >= 0.6 is 0 Å². The smallest absolute Gasteiger partial charge is 0.0512 e. The molecule has 2 rings (SSSR count). The number of nitrogens with zero attached hydrogens (tertiary/aromatic N) is 1. The van der Waals surface area contributed by atoms with Gasteiger partial charge < -0.3 is 4.90 Å². The molecule has 0 aliphatic carbocycles. The fourth-order valence-electron chi connectivity index (χ4n) is 2.08. The summed E-state index contributed by atoms with van der Waals surface area (Å²) >= 11 is 0. The summed E-state index contributed by atoms with van der Waals surface area (Å²) in [5, 5.41) is 0. The molecule has 0 aliphatic heterocycles. The van der Waals surface area contributed by atoms with E-state index in [1.165, 1.54) is 11.1 Å². The van der Waals surface area contributed by atoms with Crippen LogP contribution in [0.15, 0.2) is 73.4 Å². The zero-order valence-electron chi connectivity index (χ0n) is 10.8. The maximum absolute atomic E-state index is 3.93. The SMILES string of the molecule is C=CN(Cc1ccccc1)[C@H](C)c1ccccc1. The Morgan fingerprint density at radius 3 is 2.11 bits per heavy atom. The second-order valence-electron chi connectivity index (χ2n) is 4.43. The number of benzene rings is 2. The van der Waals surface area contributed by atoms with E-state index in [0.29, 0.717) is 6.04 Å². The van der Waals surface area contributed by atoms with E-state index in [1.807, 2.05) is 18.3 Å². The molecule has 0 aliphatic rings. The zero-order chi connectivity index (χ0) is 12.8. The molecule has 0 heterocycles. The summed E-state index contributed by atoms with van der Waals surface area (Å²) in [6, 6.07) is 21.3. The van der Waals surface area contributed by atoms with Gasteiger partial charge in [0, 0.05) is 6.54 Å². The van der Waals surface area contributed by atoms with Crippen molar-refractivity contribution >= 4 is 0 Å². The molecule has 0 unspecified atom stereocenters. The fraction of sp³-hybridized carbons (Fsp3) is 0.176. The first-order valence-electron chi connectivity index (χ1n) is 6.28. The van der Waals surface area contributed by atoms with E-state index in [0.717, 1.165) is 6.54 Å². The molecule has 0 spiro atoms. The van der Waals surface area contributed by atoms with E-state index >= 15 is 0 Å². The molecule has 1 atom stereocenters. The van der Waals surface area contributed by atoms with E-state index in [2.05, 4.69) is 66.9 Å². The van der Waals surface area contributed by atoms with Crippen LogP contribution in [0.4, 0.5) is 0 Å². The van der Waals surface area contributed by atoms with E-state index in [4.69, 9.17) is 0 Å². The Morgan fingerprint density at radius 2 is 1.56 bits per heavy atom. The highest BCUT2D eigenvalue weighted by Gasteiger charge is 2.11. The number of hydrogen-bond donors (Lipinski definition) is 0. The summed E-state index contributed by atoms with van der Waals surface area (Å²) in [6.45, 7) is 7.03. The van der Waals surface area contributed by atoms with Gasteiger partial charge in [-0.1, -0.05) is 67.2 Å². The van der Waals surface area contributed by atoms with Crippen molar-refractivity contribution in [3.8, 4) is 0 Å². The first-order chi connectivity index (χ1) is 8.81. The van der Waals surface area contributed by atoms with Gasteiger partial charge in [-0.3, -0.25) is 0 Å². The van der Waals surface area contributed by atoms with E-state index in [1.54, 1.807) is 0 Å². The summed E-state index contributed by atoms with van der Waals surface area (Å²) in [4.78, 5) is 2.25. The Labute approximate surface area is 109 Å². The highest BCUT2D eigenvalue weighted by molar-refractivity contribution is 5.20. The molecule has 1 nitrogen and oxygen atoms in total. The lowest BCUT2D eigenvalue weighted by molar-refractivity contribution is 0.291. The van der Waals surface area contributed by atoms with Crippen molar-refractivity contribution in [2.45, 2.75) is 19.5 Å². The van der Waals surface area contributed by atoms with Crippen LogP contribution in [0.25, 0.3) is 0 Å². The summed E-state index contributed by atoms with van der Waals surface area (Å²) in [5.41, 5.74) is 2.62. The molecular formula is C17H19N. The van der Waals surface area contributed by atoms with Crippen LogP contribution < -0.4 is 0 Å². The third kappa shape index (κ3) is 3.01. The molecule has 0 bridgehead atoms. The third-order valence-electron chi connectivity index (χ3n) is 3.22. The van der Waals surface area contributed by atoms with Gasteiger partial charge in [-0.25, -0.2) is 0 Å². The largest absolute Gasteiger partial charge is 0.367 e. The van der Waals surface area contributed by atoms with Crippen LogP contribution in [0.5, 0.6) is 0 Å². The molecule has 0 radical (unpaired) electrons. The van der Waals surface area contributed by atoms with Crippen LogP contribution in [-0.2, 0) is 6.54 Å². The van der Waals surface area contributed by atoms with Gasteiger partial charge in [-0.15, -0.1) is 0 Å².